The number of amides is 2. The van der Waals surface area contributed by atoms with Crippen molar-refractivity contribution in [1.29, 1.82) is 0 Å². The first-order valence-corrected chi connectivity index (χ1v) is 8.72. The van der Waals surface area contributed by atoms with Crippen LogP contribution in [0.4, 0.5) is 23.7 Å². The van der Waals surface area contributed by atoms with Crippen LogP contribution in [0, 0.1) is 12.7 Å². The molecular weight excluding hydrogens is 399 g/mol. The lowest BCUT2D eigenvalue weighted by Crippen LogP contribution is -2.30. The van der Waals surface area contributed by atoms with E-state index in [0.717, 1.165) is 0 Å². The van der Waals surface area contributed by atoms with Gasteiger partial charge in [-0.25, -0.2) is 22.9 Å². The molecule has 2 rings (SSSR count). The number of rotatable bonds is 8. The standard InChI is InChI=1S/C18H19ClF3N3O3/c1-10-6-13(20)14(24-18(27)23-3-2-16(21)22)9-12(10)11-7-15(19)25-17(8-11)28-5-4-26/h6-9,16,26H,2-5H2,1H3,(H2,23,24,27). The number of pyridine rings is 1. The van der Waals surface area contributed by atoms with Crippen LogP contribution >= 0.6 is 11.6 Å². The van der Waals surface area contributed by atoms with Crippen molar-refractivity contribution in [3.05, 3.63) is 40.8 Å². The molecule has 3 N–H and O–H groups in total. The third kappa shape index (κ3) is 6.28. The second-order valence-corrected chi connectivity index (χ2v) is 6.18. The van der Waals surface area contributed by atoms with Crippen LogP contribution in [0.15, 0.2) is 24.3 Å². The number of aliphatic hydroxyl groups is 1. The van der Waals surface area contributed by atoms with Crippen LogP contribution in [0.2, 0.25) is 5.15 Å². The average molecular weight is 418 g/mol. The molecule has 1 heterocycles. The third-order valence-electron chi connectivity index (χ3n) is 3.63. The van der Waals surface area contributed by atoms with Gasteiger partial charge in [0.25, 0.3) is 0 Å². The van der Waals surface area contributed by atoms with Gasteiger partial charge in [0, 0.05) is 19.0 Å². The molecule has 0 fully saturated rings. The van der Waals surface area contributed by atoms with E-state index in [9.17, 15) is 18.0 Å². The molecule has 1 aromatic carbocycles. The van der Waals surface area contributed by atoms with Gasteiger partial charge < -0.3 is 20.5 Å². The van der Waals surface area contributed by atoms with Crippen LogP contribution in [0.25, 0.3) is 11.1 Å². The molecule has 10 heteroatoms. The van der Waals surface area contributed by atoms with Gasteiger partial charge in [-0.3, -0.25) is 0 Å². The number of halogens is 4. The van der Waals surface area contributed by atoms with Gasteiger partial charge in [0.05, 0.1) is 12.3 Å². The van der Waals surface area contributed by atoms with Crippen molar-refractivity contribution in [3.8, 4) is 17.0 Å². The van der Waals surface area contributed by atoms with Gasteiger partial charge in [-0.1, -0.05) is 11.6 Å². The summed E-state index contributed by atoms with van der Waals surface area (Å²) in [4.78, 5) is 15.8. The van der Waals surface area contributed by atoms with Crippen molar-refractivity contribution in [2.75, 3.05) is 25.1 Å². The van der Waals surface area contributed by atoms with Crippen molar-refractivity contribution in [2.45, 2.75) is 19.8 Å². The minimum absolute atomic E-state index is 0.0285. The van der Waals surface area contributed by atoms with Crippen molar-refractivity contribution < 1.29 is 27.8 Å². The molecule has 28 heavy (non-hydrogen) atoms. The number of urea groups is 1. The van der Waals surface area contributed by atoms with E-state index in [4.69, 9.17) is 21.4 Å². The predicted molar refractivity (Wildman–Crippen MR) is 99.6 cm³/mol. The highest BCUT2D eigenvalue weighted by Gasteiger charge is 2.14. The topological polar surface area (TPSA) is 83.5 Å². The molecule has 0 bridgehead atoms. The molecule has 0 unspecified atom stereocenters. The number of alkyl halides is 2. The van der Waals surface area contributed by atoms with Crippen LogP contribution in [-0.4, -0.2) is 42.3 Å². The van der Waals surface area contributed by atoms with Gasteiger partial charge in [-0.15, -0.1) is 0 Å². The molecule has 0 atom stereocenters. The number of hydrogen-bond donors (Lipinski definition) is 3. The first-order valence-electron chi connectivity index (χ1n) is 8.35. The molecule has 0 saturated carbocycles. The summed E-state index contributed by atoms with van der Waals surface area (Å²) >= 11 is 6.00. The smallest absolute Gasteiger partial charge is 0.319 e. The molecule has 0 aliphatic heterocycles. The van der Waals surface area contributed by atoms with Gasteiger partial charge in [-0.05, 0) is 41.8 Å². The zero-order valence-electron chi connectivity index (χ0n) is 14.9. The SMILES string of the molecule is Cc1cc(F)c(NC(=O)NCCC(F)F)cc1-c1cc(Cl)nc(OCCO)c1. The Morgan fingerprint density at radius 2 is 2.07 bits per heavy atom. The lowest BCUT2D eigenvalue weighted by atomic mass is 10.0. The Hall–Kier alpha value is -2.52. The van der Waals surface area contributed by atoms with E-state index in [1.165, 1.54) is 12.1 Å². The van der Waals surface area contributed by atoms with E-state index in [2.05, 4.69) is 15.6 Å². The Kier molecular flexibility index (Phi) is 7.89. The van der Waals surface area contributed by atoms with E-state index >= 15 is 0 Å². The van der Waals surface area contributed by atoms with E-state index in [1.807, 2.05) is 0 Å². The quantitative estimate of drug-likeness (QED) is 0.567. The maximum atomic E-state index is 14.2. The molecule has 0 aliphatic carbocycles. The van der Waals surface area contributed by atoms with Crippen molar-refractivity contribution in [3.63, 3.8) is 0 Å². The second-order valence-electron chi connectivity index (χ2n) is 5.80. The maximum Gasteiger partial charge on any atom is 0.319 e. The van der Waals surface area contributed by atoms with Gasteiger partial charge in [0.1, 0.15) is 17.6 Å². The monoisotopic (exact) mass is 417 g/mol. The summed E-state index contributed by atoms with van der Waals surface area (Å²) < 4.78 is 43.8. The molecule has 0 aliphatic rings. The van der Waals surface area contributed by atoms with Crippen molar-refractivity contribution >= 4 is 23.3 Å². The largest absolute Gasteiger partial charge is 0.475 e. The number of nitrogens with one attached hydrogen (secondary N) is 2. The zero-order valence-corrected chi connectivity index (χ0v) is 15.7. The molecule has 1 aromatic heterocycles. The van der Waals surface area contributed by atoms with E-state index < -0.39 is 24.7 Å². The fraction of sp³-hybridized carbons (Fsp3) is 0.333. The number of nitrogens with zero attached hydrogens (tertiary/aromatic N) is 1. The van der Waals surface area contributed by atoms with Crippen LogP contribution in [-0.2, 0) is 0 Å². The van der Waals surface area contributed by atoms with E-state index in [-0.39, 0.29) is 36.5 Å². The van der Waals surface area contributed by atoms with Gasteiger partial charge in [-0.2, -0.15) is 0 Å². The molecule has 2 amide bonds. The number of ether oxygens (including phenoxy) is 1. The molecule has 152 valence electrons. The van der Waals surface area contributed by atoms with Crippen LogP contribution in [0.1, 0.15) is 12.0 Å². The van der Waals surface area contributed by atoms with E-state index in [0.29, 0.717) is 16.7 Å². The summed E-state index contributed by atoms with van der Waals surface area (Å²) in [6, 6.07) is 4.94. The molecule has 0 spiro atoms. The number of carbonyl (C=O) groups is 1. The summed E-state index contributed by atoms with van der Waals surface area (Å²) in [6.07, 6.45) is -3.04. The number of benzene rings is 1. The predicted octanol–water partition coefficient (Wildman–Crippen LogP) is 4.00. The number of anilines is 1. The number of aromatic nitrogens is 1. The number of hydrogen-bond acceptors (Lipinski definition) is 4. The molecule has 6 nitrogen and oxygen atoms in total. The molecule has 2 aromatic rings. The average Bonchev–Trinajstić information content (AvgIpc) is 2.61. The Bertz CT molecular complexity index is 837. The number of carbonyl (C=O) groups excluding carboxylic acids is 1. The van der Waals surface area contributed by atoms with Crippen molar-refractivity contribution in [1.82, 2.24) is 10.3 Å². The van der Waals surface area contributed by atoms with Gasteiger partial charge in [0.15, 0.2) is 0 Å². The molecule has 0 saturated heterocycles. The summed E-state index contributed by atoms with van der Waals surface area (Å²) in [6.45, 7) is 1.26. The Labute approximate surface area is 164 Å². The normalized spacial score (nSPS) is 10.8. The molecule has 0 radical (unpaired) electrons. The lowest BCUT2D eigenvalue weighted by molar-refractivity contribution is 0.138. The number of aliphatic hydroxyl groups excluding tert-OH is 1. The second kappa shape index (κ2) is 10.1. The lowest BCUT2D eigenvalue weighted by Gasteiger charge is -2.14. The highest BCUT2D eigenvalue weighted by molar-refractivity contribution is 6.29. The third-order valence-corrected chi connectivity index (χ3v) is 3.83. The summed E-state index contributed by atoms with van der Waals surface area (Å²) in [7, 11) is 0. The van der Waals surface area contributed by atoms with Crippen molar-refractivity contribution in [2.24, 2.45) is 0 Å². The summed E-state index contributed by atoms with van der Waals surface area (Å²) in [5.41, 5.74) is 1.56. The summed E-state index contributed by atoms with van der Waals surface area (Å²) in [5, 5.41) is 13.5. The minimum atomic E-state index is -2.54. The zero-order chi connectivity index (χ0) is 20.7. The first-order chi connectivity index (χ1) is 13.3. The van der Waals surface area contributed by atoms with Gasteiger partial charge in [0.2, 0.25) is 12.3 Å². The summed E-state index contributed by atoms with van der Waals surface area (Å²) in [5.74, 6) is -0.498. The highest BCUT2D eigenvalue weighted by atomic mass is 35.5. The van der Waals surface area contributed by atoms with Crippen LogP contribution in [0.5, 0.6) is 5.88 Å². The highest BCUT2D eigenvalue weighted by Crippen LogP contribution is 2.32. The van der Waals surface area contributed by atoms with Crippen LogP contribution < -0.4 is 15.4 Å². The van der Waals surface area contributed by atoms with E-state index in [1.54, 1.807) is 19.1 Å². The Morgan fingerprint density at radius 3 is 2.75 bits per heavy atom. The molecular formula is C18H19ClF3N3O3. The fourth-order valence-corrected chi connectivity index (χ4v) is 2.59. The fourth-order valence-electron chi connectivity index (χ4n) is 2.39. The minimum Gasteiger partial charge on any atom is -0.475 e. The maximum absolute atomic E-state index is 14.2. The number of aryl methyl sites for hydroxylation is 1. The van der Waals surface area contributed by atoms with Gasteiger partial charge >= 0.3 is 6.03 Å². The Morgan fingerprint density at radius 1 is 1.32 bits per heavy atom. The Balaban J connectivity index is 2.25. The first kappa shape index (κ1) is 21.8. The van der Waals surface area contributed by atoms with Crippen LogP contribution in [0.3, 0.4) is 0 Å².